The molecule has 4 bridgehead atoms. The van der Waals surface area contributed by atoms with Crippen LogP contribution in [0.4, 0.5) is 5.69 Å². The second-order valence-electron chi connectivity index (χ2n) is 9.75. The van der Waals surface area contributed by atoms with Crippen LogP contribution in [0.25, 0.3) is 0 Å². The van der Waals surface area contributed by atoms with E-state index in [2.05, 4.69) is 12.2 Å². The van der Waals surface area contributed by atoms with Gasteiger partial charge in [-0.25, -0.2) is 0 Å². The number of nitrogens with zero attached hydrogens (tertiary/aromatic N) is 1. The first-order valence-corrected chi connectivity index (χ1v) is 10.6. The van der Waals surface area contributed by atoms with Crippen molar-refractivity contribution in [1.29, 1.82) is 0 Å². The molecule has 2 amide bonds. The first kappa shape index (κ1) is 17.3. The standard InChI is InChI=1S/C23H30N2O2/c1-14(23-11-16-7-17(12-23)9-18(8-16)13-23)24-22(27)21-10-19-5-3-4-6-20(19)25(21)15(2)26/h3-6,14,16-18,21H,7-13H2,1-2H3,(H,24,27). The van der Waals surface area contributed by atoms with E-state index in [9.17, 15) is 9.59 Å². The average molecular weight is 367 g/mol. The van der Waals surface area contributed by atoms with Crippen molar-refractivity contribution in [2.24, 2.45) is 23.2 Å². The summed E-state index contributed by atoms with van der Waals surface area (Å²) in [6.07, 6.45) is 8.70. The third-order valence-corrected chi connectivity index (χ3v) is 7.98. The molecular formula is C23H30N2O2. The van der Waals surface area contributed by atoms with Crippen LogP contribution in [0.1, 0.15) is 57.9 Å². The molecule has 0 radical (unpaired) electrons. The van der Waals surface area contributed by atoms with Gasteiger partial charge in [0.2, 0.25) is 11.8 Å². The lowest BCUT2D eigenvalue weighted by Crippen LogP contribution is -2.58. The molecule has 4 heteroatoms. The van der Waals surface area contributed by atoms with Crippen LogP contribution in [-0.2, 0) is 16.0 Å². The fourth-order valence-corrected chi connectivity index (χ4v) is 7.16. The number of carbonyl (C=O) groups is 2. The fraction of sp³-hybridized carbons (Fsp3) is 0.652. The molecule has 0 aromatic heterocycles. The zero-order valence-corrected chi connectivity index (χ0v) is 16.4. The maximum atomic E-state index is 13.2. The molecule has 27 heavy (non-hydrogen) atoms. The van der Waals surface area contributed by atoms with Crippen molar-refractivity contribution in [1.82, 2.24) is 5.32 Å². The number of anilines is 1. The molecule has 4 aliphatic carbocycles. The van der Waals surface area contributed by atoms with Crippen LogP contribution < -0.4 is 10.2 Å². The van der Waals surface area contributed by atoms with Gasteiger partial charge in [-0.15, -0.1) is 0 Å². The average Bonchev–Trinajstić information content (AvgIpc) is 3.00. The molecule has 1 aliphatic heterocycles. The van der Waals surface area contributed by atoms with Gasteiger partial charge in [0.05, 0.1) is 0 Å². The minimum absolute atomic E-state index is 0.0182. The van der Waals surface area contributed by atoms with Crippen LogP contribution in [0, 0.1) is 23.2 Å². The second kappa shape index (κ2) is 6.08. The third-order valence-electron chi connectivity index (χ3n) is 7.98. The molecule has 4 saturated carbocycles. The number of benzene rings is 1. The van der Waals surface area contributed by atoms with E-state index in [1.54, 1.807) is 11.8 Å². The molecule has 6 rings (SSSR count). The Hall–Kier alpha value is -1.84. The normalized spacial score (nSPS) is 37.2. The predicted octanol–water partition coefficient (Wildman–Crippen LogP) is 3.69. The van der Waals surface area contributed by atoms with Gasteiger partial charge in [0.25, 0.3) is 0 Å². The Kier molecular flexibility index (Phi) is 3.89. The van der Waals surface area contributed by atoms with Gasteiger partial charge in [0.1, 0.15) is 6.04 Å². The lowest BCUT2D eigenvalue weighted by Gasteiger charge is -2.59. The number of hydrogen-bond donors (Lipinski definition) is 1. The van der Waals surface area contributed by atoms with E-state index in [1.165, 1.54) is 38.5 Å². The number of para-hydroxylation sites is 1. The van der Waals surface area contributed by atoms with E-state index in [0.717, 1.165) is 29.0 Å². The Morgan fingerprint density at radius 1 is 1.07 bits per heavy atom. The van der Waals surface area contributed by atoms with Crippen LogP contribution in [0.2, 0.25) is 0 Å². The molecule has 0 saturated heterocycles. The van der Waals surface area contributed by atoms with Crippen molar-refractivity contribution in [3.63, 3.8) is 0 Å². The maximum Gasteiger partial charge on any atom is 0.243 e. The molecule has 4 nitrogen and oxygen atoms in total. The summed E-state index contributed by atoms with van der Waals surface area (Å²) in [6.45, 7) is 3.77. The van der Waals surface area contributed by atoms with Crippen LogP contribution in [0.5, 0.6) is 0 Å². The zero-order valence-electron chi connectivity index (χ0n) is 16.4. The minimum Gasteiger partial charge on any atom is -0.351 e. The fourth-order valence-electron chi connectivity index (χ4n) is 7.16. The maximum absolute atomic E-state index is 13.2. The highest BCUT2D eigenvalue weighted by Gasteiger charge is 2.53. The summed E-state index contributed by atoms with van der Waals surface area (Å²) in [6, 6.07) is 7.68. The Labute approximate surface area is 161 Å². The van der Waals surface area contributed by atoms with E-state index in [0.29, 0.717) is 6.42 Å². The van der Waals surface area contributed by atoms with E-state index >= 15 is 0 Å². The molecule has 1 N–H and O–H groups in total. The molecule has 1 heterocycles. The smallest absolute Gasteiger partial charge is 0.243 e. The number of amides is 2. The quantitative estimate of drug-likeness (QED) is 0.887. The molecule has 2 atom stereocenters. The van der Waals surface area contributed by atoms with Crippen molar-refractivity contribution in [2.45, 2.75) is 70.9 Å². The van der Waals surface area contributed by atoms with Gasteiger partial charge >= 0.3 is 0 Å². The van der Waals surface area contributed by atoms with Gasteiger partial charge in [-0.3, -0.25) is 14.5 Å². The molecule has 2 unspecified atom stereocenters. The second-order valence-corrected chi connectivity index (χ2v) is 9.75. The van der Waals surface area contributed by atoms with Crippen molar-refractivity contribution < 1.29 is 9.59 Å². The van der Waals surface area contributed by atoms with E-state index in [1.807, 2.05) is 24.3 Å². The lowest BCUT2D eigenvalue weighted by atomic mass is 9.48. The largest absolute Gasteiger partial charge is 0.351 e. The van der Waals surface area contributed by atoms with E-state index in [-0.39, 0.29) is 23.3 Å². The van der Waals surface area contributed by atoms with Gasteiger partial charge in [0.15, 0.2) is 0 Å². The minimum atomic E-state index is -0.406. The van der Waals surface area contributed by atoms with Gasteiger partial charge in [0, 0.05) is 25.1 Å². The summed E-state index contributed by atoms with van der Waals surface area (Å²) in [4.78, 5) is 27.2. The van der Waals surface area contributed by atoms with E-state index < -0.39 is 6.04 Å². The molecule has 1 aromatic rings. The van der Waals surface area contributed by atoms with Crippen molar-refractivity contribution in [2.75, 3.05) is 4.90 Å². The Morgan fingerprint density at radius 2 is 1.67 bits per heavy atom. The Balaban J connectivity index is 1.34. The number of carbonyl (C=O) groups excluding carboxylic acids is 2. The van der Waals surface area contributed by atoms with Crippen LogP contribution in [-0.4, -0.2) is 23.9 Å². The highest BCUT2D eigenvalue weighted by atomic mass is 16.2. The molecule has 1 aromatic carbocycles. The highest BCUT2D eigenvalue weighted by Crippen LogP contribution is 2.61. The van der Waals surface area contributed by atoms with Crippen LogP contribution in [0.3, 0.4) is 0 Å². The Bertz CT molecular complexity index is 751. The molecule has 144 valence electrons. The van der Waals surface area contributed by atoms with Crippen molar-refractivity contribution in [3.8, 4) is 0 Å². The number of hydrogen-bond acceptors (Lipinski definition) is 2. The summed E-state index contributed by atoms with van der Waals surface area (Å²) in [5.74, 6) is 2.59. The summed E-state index contributed by atoms with van der Waals surface area (Å²) < 4.78 is 0. The topological polar surface area (TPSA) is 49.4 Å². The number of rotatable bonds is 3. The third kappa shape index (κ3) is 2.71. The van der Waals surface area contributed by atoms with E-state index in [4.69, 9.17) is 0 Å². The number of nitrogens with one attached hydrogen (secondary N) is 1. The predicted molar refractivity (Wildman–Crippen MR) is 105 cm³/mol. The van der Waals surface area contributed by atoms with Crippen LogP contribution in [0.15, 0.2) is 24.3 Å². The summed E-state index contributed by atoms with van der Waals surface area (Å²) in [5, 5.41) is 3.37. The lowest BCUT2D eigenvalue weighted by molar-refractivity contribution is -0.129. The summed E-state index contributed by atoms with van der Waals surface area (Å²) in [5.41, 5.74) is 2.28. The van der Waals surface area contributed by atoms with Crippen LogP contribution >= 0.6 is 0 Å². The van der Waals surface area contributed by atoms with Crippen molar-refractivity contribution in [3.05, 3.63) is 29.8 Å². The summed E-state index contributed by atoms with van der Waals surface area (Å²) >= 11 is 0. The molecule has 0 spiro atoms. The molecule has 5 aliphatic rings. The van der Waals surface area contributed by atoms with Gasteiger partial charge < -0.3 is 5.32 Å². The number of fused-ring (bicyclic) bond motifs is 1. The van der Waals surface area contributed by atoms with Crippen molar-refractivity contribution >= 4 is 17.5 Å². The SMILES string of the molecule is CC(=O)N1c2ccccc2CC1C(=O)NC(C)C12CC3CC(CC(C3)C1)C2. The first-order chi connectivity index (χ1) is 12.9. The van der Waals surface area contributed by atoms with Gasteiger partial charge in [-0.1, -0.05) is 18.2 Å². The monoisotopic (exact) mass is 366 g/mol. The molecule has 4 fully saturated rings. The highest BCUT2D eigenvalue weighted by molar-refractivity contribution is 6.02. The van der Waals surface area contributed by atoms with Gasteiger partial charge in [-0.2, -0.15) is 0 Å². The Morgan fingerprint density at radius 3 is 2.26 bits per heavy atom. The first-order valence-electron chi connectivity index (χ1n) is 10.6. The molecular weight excluding hydrogens is 336 g/mol. The zero-order chi connectivity index (χ0) is 18.8. The summed E-state index contributed by atoms with van der Waals surface area (Å²) in [7, 11) is 0. The van der Waals surface area contributed by atoms with Gasteiger partial charge in [-0.05, 0) is 80.2 Å².